The Morgan fingerprint density at radius 2 is 2.07 bits per heavy atom. The number of carbonyl (C=O) groups is 1. The average molecular weight is 435 g/mol. The van der Waals surface area contributed by atoms with Crippen LogP contribution in [0.2, 0.25) is 5.02 Å². The zero-order valence-electron chi connectivity index (χ0n) is 17.0. The lowest BCUT2D eigenvalue weighted by Crippen LogP contribution is -2.34. The topological polar surface area (TPSA) is 32.3 Å². The number of benzene rings is 2. The SMILES string of the molecule is C[C@@H]1CCCN(c2ccc([C@@H](C)NC(=O)CSCc3ccc(Cl)cc3F)cc2)C1. The number of nitrogens with zero attached hydrogens (tertiary/aromatic N) is 1. The zero-order chi connectivity index (χ0) is 20.8. The Morgan fingerprint density at radius 1 is 1.31 bits per heavy atom. The van der Waals surface area contributed by atoms with Crippen LogP contribution in [0.25, 0.3) is 0 Å². The summed E-state index contributed by atoms with van der Waals surface area (Å²) in [5.41, 5.74) is 2.89. The Labute approximate surface area is 182 Å². The summed E-state index contributed by atoms with van der Waals surface area (Å²) in [5, 5.41) is 3.40. The molecule has 1 heterocycles. The van der Waals surface area contributed by atoms with Crippen LogP contribution in [0, 0.1) is 11.7 Å². The molecular weight excluding hydrogens is 407 g/mol. The normalized spacial score (nSPS) is 17.8. The highest BCUT2D eigenvalue weighted by atomic mass is 35.5. The first-order chi connectivity index (χ1) is 13.9. The van der Waals surface area contributed by atoms with Crippen LogP contribution in [0.15, 0.2) is 42.5 Å². The minimum absolute atomic E-state index is 0.0502. The van der Waals surface area contributed by atoms with Gasteiger partial charge in [0.15, 0.2) is 0 Å². The molecule has 0 saturated carbocycles. The summed E-state index contributed by atoms with van der Waals surface area (Å²) in [4.78, 5) is 14.7. The third kappa shape index (κ3) is 6.38. The van der Waals surface area contributed by atoms with Crippen molar-refractivity contribution in [2.45, 2.75) is 38.5 Å². The molecule has 0 bridgehead atoms. The summed E-state index contributed by atoms with van der Waals surface area (Å²) in [5.74, 6) is 1.08. The fraction of sp³-hybridized carbons (Fsp3) is 0.435. The highest BCUT2D eigenvalue weighted by molar-refractivity contribution is 7.99. The van der Waals surface area contributed by atoms with Crippen molar-refractivity contribution in [3.8, 4) is 0 Å². The van der Waals surface area contributed by atoms with Crippen molar-refractivity contribution in [2.75, 3.05) is 23.7 Å². The molecular formula is C23H28ClFN2OS. The third-order valence-electron chi connectivity index (χ3n) is 5.30. The number of nitrogens with one attached hydrogen (secondary N) is 1. The lowest BCUT2D eigenvalue weighted by molar-refractivity contribution is -0.119. The van der Waals surface area contributed by atoms with Crippen LogP contribution in [0.3, 0.4) is 0 Å². The predicted octanol–water partition coefficient (Wildman–Crippen LogP) is 5.83. The van der Waals surface area contributed by atoms with E-state index in [1.54, 1.807) is 12.1 Å². The van der Waals surface area contributed by atoms with Gasteiger partial charge in [-0.1, -0.05) is 36.7 Å². The molecule has 3 rings (SSSR count). The summed E-state index contributed by atoms with van der Waals surface area (Å²) in [6.45, 7) is 6.51. The molecule has 2 aromatic rings. The van der Waals surface area contributed by atoms with Gasteiger partial charge in [0.2, 0.25) is 5.91 Å². The monoisotopic (exact) mass is 434 g/mol. The standard InChI is InChI=1S/C23H28ClFN2OS/c1-16-4-3-11-27(13-16)21-9-6-18(7-10-21)17(2)26-23(28)15-29-14-19-5-8-20(24)12-22(19)25/h5-10,12,16-17H,3-4,11,13-15H2,1-2H3,(H,26,28)/t16-,17-/m1/s1. The molecule has 0 aliphatic carbocycles. The van der Waals surface area contributed by atoms with Crippen molar-refractivity contribution in [1.29, 1.82) is 0 Å². The van der Waals surface area contributed by atoms with Gasteiger partial charge in [-0.25, -0.2) is 4.39 Å². The summed E-state index contributed by atoms with van der Waals surface area (Å²) in [6.07, 6.45) is 2.55. The second kappa shape index (κ2) is 10.4. The quantitative estimate of drug-likeness (QED) is 0.595. The molecule has 0 spiro atoms. The van der Waals surface area contributed by atoms with Crippen LogP contribution in [-0.4, -0.2) is 24.7 Å². The van der Waals surface area contributed by atoms with Gasteiger partial charge in [0.05, 0.1) is 11.8 Å². The highest BCUT2D eigenvalue weighted by Crippen LogP contribution is 2.25. The van der Waals surface area contributed by atoms with E-state index in [0.29, 0.717) is 16.3 Å². The number of thioether (sulfide) groups is 1. The van der Waals surface area contributed by atoms with E-state index in [1.807, 2.05) is 6.92 Å². The van der Waals surface area contributed by atoms with Gasteiger partial charge >= 0.3 is 0 Å². The van der Waals surface area contributed by atoms with Gasteiger partial charge in [-0.05, 0) is 61.1 Å². The van der Waals surface area contributed by atoms with E-state index in [2.05, 4.69) is 41.4 Å². The Morgan fingerprint density at radius 3 is 2.76 bits per heavy atom. The van der Waals surface area contributed by atoms with Crippen LogP contribution in [0.5, 0.6) is 0 Å². The predicted molar refractivity (Wildman–Crippen MR) is 121 cm³/mol. The number of piperidine rings is 1. The number of hydrogen-bond donors (Lipinski definition) is 1. The van der Waals surface area contributed by atoms with Crippen molar-refractivity contribution >= 4 is 35.0 Å². The van der Waals surface area contributed by atoms with Gasteiger partial charge in [0.1, 0.15) is 5.82 Å². The maximum Gasteiger partial charge on any atom is 0.230 e. The fourth-order valence-corrected chi connectivity index (χ4v) is 4.64. The Hall–Kier alpha value is -1.72. The molecule has 3 nitrogen and oxygen atoms in total. The van der Waals surface area contributed by atoms with Gasteiger partial charge < -0.3 is 10.2 Å². The van der Waals surface area contributed by atoms with Crippen molar-refractivity contribution < 1.29 is 9.18 Å². The van der Waals surface area contributed by atoms with E-state index in [4.69, 9.17) is 11.6 Å². The van der Waals surface area contributed by atoms with Gasteiger partial charge in [-0.3, -0.25) is 4.79 Å². The Balaban J connectivity index is 1.46. The van der Waals surface area contributed by atoms with Crippen molar-refractivity contribution in [2.24, 2.45) is 5.92 Å². The zero-order valence-corrected chi connectivity index (χ0v) is 18.5. The molecule has 2 aromatic carbocycles. The maximum atomic E-state index is 13.8. The second-order valence-electron chi connectivity index (χ2n) is 7.80. The van der Waals surface area contributed by atoms with Gasteiger partial charge in [-0.2, -0.15) is 0 Å². The summed E-state index contributed by atoms with van der Waals surface area (Å²) >= 11 is 7.15. The van der Waals surface area contributed by atoms with Crippen LogP contribution < -0.4 is 10.2 Å². The molecule has 156 valence electrons. The summed E-state index contributed by atoms with van der Waals surface area (Å²) < 4.78 is 13.8. The Bertz CT molecular complexity index is 830. The van der Waals surface area contributed by atoms with Crippen molar-refractivity contribution in [3.05, 3.63) is 64.4 Å². The number of halogens is 2. The largest absolute Gasteiger partial charge is 0.371 e. The van der Waals surface area contributed by atoms with Gasteiger partial charge in [0.25, 0.3) is 0 Å². The van der Waals surface area contributed by atoms with E-state index in [1.165, 1.54) is 36.4 Å². The molecule has 1 saturated heterocycles. The minimum Gasteiger partial charge on any atom is -0.371 e. The molecule has 2 atom stereocenters. The number of rotatable bonds is 7. The van der Waals surface area contributed by atoms with E-state index in [-0.39, 0.29) is 23.5 Å². The number of amides is 1. The van der Waals surface area contributed by atoms with Crippen molar-refractivity contribution in [1.82, 2.24) is 5.32 Å². The maximum absolute atomic E-state index is 13.8. The first-order valence-electron chi connectivity index (χ1n) is 10.1. The van der Waals surface area contributed by atoms with Gasteiger partial charge in [-0.15, -0.1) is 11.8 Å². The minimum atomic E-state index is -0.332. The third-order valence-corrected chi connectivity index (χ3v) is 6.52. The molecule has 1 fully saturated rings. The smallest absolute Gasteiger partial charge is 0.230 e. The highest BCUT2D eigenvalue weighted by Gasteiger charge is 2.17. The van der Waals surface area contributed by atoms with Crippen LogP contribution in [0.1, 0.15) is 43.9 Å². The first kappa shape index (κ1) is 22.0. The van der Waals surface area contributed by atoms with E-state index < -0.39 is 0 Å². The van der Waals surface area contributed by atoms with Gasteiger partial charge in [0, 0.05) is 29.6 Å². The van der Waals surface area contributed by atoms with Crippen LogP contribution >= 0.6 is 23.4 Å². The fourth-order valence-electron chi connectivity index (χ4n) is 3.66. The van der Waals surface area contributed by atoms with Crippen LogP contribution in [0.4, 0.5) is 10.1 Å². The molecule has 29 heavy (non-hydrogen) atoms. The number of anilines is 1. The summed E-state index contributed by atoms with van der Waals surface area (Å²) in [6, 6.07) is 13.0. The lowest BCUT2D eigenvalue weighted by Gasteiger charge is -2.33. The molecule has 0 aromatic heterocycles. The Kier molecular flexibility index (Phi) is 7.84. The van der Waals surface area contributed by atoms with E-state index in [9.17, 15) is 9.18 Å². The first-order valence-corrected chi connectivity index (χ1v) is 11.6. The lowest BCUT2D eigenvalue weighted by atomic mass is 9.99. The molecule has 1 aliphatic heterocycles. The number of carbonyl (C=O) groups excluding carboxylic acids is 1. The average Bonchev–Trinajstić information content (AvgIpc) is 2.70. The van der Waals surface area contributed by atoms with Crippen LogP contribution in [-0.2, 0) is 10.5 Å². The molecule has 1 aliphatic rings. The molecule has 1 amide bonds. The number of hydrogen-bond acceptors (Lipinski definition) is 3. The van der Waals surface area contributed by atoms with E-state index in [0.717, 1.165) is 24.6 Å². The van der Waals surface area contributed by atoms with Crippen molar-refractivity contribution in [3.63, 3.8) is 0 Å². The molecule has 0 unspecified atom stereocenters. The summed E-state index contributed by atoms with van der Waals surface area (Å²) in [7, 11) is 0. The molecule has 1 N–H and O–H groups in total. The second-order valence-corrected chi connectivity index (χ2v) is 9.22. The van der Waals surface area contributed by atoms with E-state index >= 15 is 0 Å². The molecule has 6 heteroatoms. The molecule has 0 radical (unpaired) electrons.